The molecular formula is C12H21NO2. The largest absolute Gasteiger partial charge is 0.273 e. The van der Waals surface area contributed by atoms with Gasteiger partial charge in [-0.25, -0.2) is 5.48 Å². The van der Waals surface area contributed by atoms with Crippen molar-refractivity contribution in [2.75, 3.05) is 6.61 Å². The van der Waals surface area contributed by atoms with Crippen molar-refractivity contribution in [3.05, 3.63) is 0 Å². The Labute approximate surface area is 91.5 Å². The maximum absolute atomic E-state index is 11.7. The lowest BCUT2D eigenvalue weighted by Crippen LogP contribution is -2.27. The SMILES string of the molecule is CC(C)CONC(=O)C1C2CCCCC21. The molecule has 2 aliphatic carbocycles. The molecule has 0 aliphatic heterocycles. The quantitative estimate of drug-likeness (QED) is 0.723. The second kappa shape index (κ2) is 4.52. The van der Waals surface area contributed by atoms with Crippen LogP contribution in [0.1, 0.15) is 39.5 Å². The van der Waals surface area contributed by atoms with Crippen molar-refractivity contribution < 1.29 is 9.63 Å². The van der Waals surface area contributed by atoms with E-state index < -0.39 is 0 Å². The summed E-state index contributed by atoms with van der Waals surface area (Å²) >= 11 is 0. The molecule has 1 N–H and O–H groups in total. The van der Waals surface area contributed by atoms with E-state index in [-0.39, 0.29) is 11.8 Å². The van der Waals surface area contributed by atoms with Gasteiger partial charge < -0.3 is 0 Å². The highest BCUT2D eigenvalue weighted by Gasteiger charge is 2.54. The van der Waals surface area contributed by atoms with Crippen LogP contribution < -0.4 is 5.48 Å². The summed E-state index contributed by atoms with van der Waals surface area (Å²) in [4.78, 5) is 16.9. The van der Waals surface area contributed by atoms with Crippen LogP contribution in [-0.4, -0.2) is 12.5 Å². The normalized spacial score (nSPS) is 33.7. The molecule has 0 aromatic heterocycles. The number of amides is 1. The molecule has 2 saturated carbocycles. The molecule has 3 nitrogen and oxygen atoms in total. The van der Waals surface area contributed by atoms with Crippen LogP contribution in [0.25, 0.3) is 0 Å². The van der Waals surface area contributed by atoms with E-state index in [0.717, 1.165) is 0 Å². The molecule has 2 aliphatic rings. The third-order valence-electron chi connectivity index (χ3n) is 3.55. The predicted molar refractivity (Wildman–Crippen MR) is 57.9 cm³/mol. The molecule has 1 amide bonds. The molecule has 0 aromatic carbocycles. The zero-order valence-corrected chi connectivity index (χ0v) is 9.66. The van der Waals surface area contributed by atoms with Gasteiger partial charge in [0.05, 0.1) is 6.61 Å². The summed E-state index contributed by atoms with van der Waals surface area (Å²) in [5, 5.41) is 0. The highest BCUT2D eigenvalue weighted by Crippen LogP contribution is 2.55. The van der Waals surface area contributed by atoms with Crippen LogP contribution in [0.3, 0.4) is 0 Å². The third-order valence-corrected chi connectivity index (χ3v) is 3.55. The predicted octanol–water partition coefficient (Wildman–Crippen LogP) is 2.13. The second-order valence-electron chi connectivity index (χ2n) is 5.31. The molecule has 0 saturated heterocycles. The van der Waals surface area contributed by atoms with Crippen LogP contribution in [0.2, 0.25) is 0 Å². The van der Waals surface area contributed by atoms with E-state index in [1.54, 1.807) is 0 Å². The smallest absolute Gasteiger partial charge is 0.247 e. The van der Waals surface area contributed by atoms with E-state index >= 15 is 0 Å². The lowest BCUT2D eigenvalue weighted by Gasteiger charge is -2.07. The van der Waals surface area contributed by atoms with Gasteiger partial charge in [0.1, 0.15) is 0 Å². The number of hydrogen-bond acceptors (Lipinski definition) is 2. The van der Waals surface area contributed by atoms with Crippen LogP contribution in [-0.2, 0) is 9.63 Å². The molecule has 0 spiro atoms. The van der Waals surface area contributed by atoms with Gasteiger partial charge in [-0.05, 0) is 30.6 Å². The first kappa shape index (κ1) is 10.9. The fourth-order valence-corrected chi connectivity index (χ4v) is 2.73. The fourth-order valence-electron chi connectivity index (χ4n) is 2.73. The Kier molecular flexibility index (Phi) is 3.29. The maximum Gasteiger partial charge on any atom is 0.247 e. The summed E-state index contributed by atoms with van der Waals surface area (Å²) in [6.45, 7) is 4.75. The summed E-state index contributed by atoms with van der Waals surface area (Å²) in [6.07, 6.45) is 5.09. The Bertz CT molecular complexity index is 228. The molecule has 2 fully saturated rings. The molecule has 0 radical (unpaired) electrons. The van der Waals surface area contributed by atoms with E-state index in [1.807, 2.05) is 0 Å². The number of nitrogens with one attached hydrogen (secondary N) is 1. The molecule has 3 heteroatoms. The van der Waals surface area contributed by atoms with Crippen LogP contribution in [0.4, 0.5) is 0 Å². The van der Waals surface area contributed by atoms with Crippen molar-refractivity contribution in [2.24, 2.45) is 23.7 Å². The summed E-state index contributed by atoms with van der Waals surface area (Å²) in [5.74, 6) is 2.18. The average Bonchev–Trinajstić information content (AvgIpc) is 2.90. The van der Waals surface area contributed by atoms with Crippen molar-refractivity contribution in [3.8, 4) is 0 Å². The second-order valence-corrected chi connectivity index (χ2v) is 5.31. The topological polar surface area (TPSA) is 38.3 Å². The third kappa shape index (κ3) is 2.51. The van der Waals surface area contributed by atoms with Gasteiger partial charge in [-0.15, -0.1) is 0 Å². The van der Waals surface area contributed by atoms with Crippen LogP contribution >= 0.6 is 0 Å². The average molecular weight is 211 g/mol. The minimum absolute atomic E-state index is 0.118. The van der Waals surface area contributed by atoms with Crippen molar-refractivity contribution in [3.63, 3.8) is 0 Å². The van der Waals surface area contributed by atoms with Gasteiger partial charge in [-0.1, -0.05) is 26.7 Å². The lowest BCUT2D eigenvalue weighted by atomic mass is 10.0. The van der Waals surface area contributed by atoms with Gasteiger partial charge in [0.15, 0.2) is 0 Å². The van der Waals surface area contributed by atoms with E-state index in [0.29, 0.717) is 24.4 Å². The van der Waals surface area contributed by atoms with E-state index in [1.165, 1.54) is 25.7 Å². The first-order valence-electron chi connectivity index (χ1n) is 6.12. The van der Waals surface area contributed by atoms with Crippen LogP contribution in [0, 0.1) is 23.7 Å². The number of fused-ring (bicyclic) bond motifs is 1. The number of carbonyl (C=O) groups is 1. The van der Waals surface area contributed by atoms with E-state index in [2.05, 4.69) is 19.3 Å². The first-order chi connectivity index (χ1) is 7.20. The molecule has 2 unspecified atom stereocenters. The van der Waals surface area contributed by atoms with Crippen molar-refractivity contribution in [2.45, 2.75) is 39.5 Å². The minimum atomic E-state index is 0.118. The van der Waals surface area contributed by atoms with Gasteiger partial charge in [0.2, 0.25) is 5.91 Å². The zero-order chi connectivity index (χ0) is 10.8. The van der Waals surface area contributed by atoms with Gasteiger partial charge >= 0.3 is 0 Å². The van der Waals surface area contributed by atoms with Crippen LogP contribution in [0.15, 0.2) is 0 Å². The molecule has 2 rings (SSSR count). The van der Waals surface area contributed by atoms with E-state index in [4.69, 9.17) is 4.84 Å². The van der Waals surface area contributed by atoms with Gasteiger partial charge in [0.25, 0.3) is 0 Å². The Hall–Kier alpha value is -0.570. The Morgan fingerprint density at radius 3 is 2.47 bits per heavy atom. The summed E-state index contributed by atoms with van der Waals surface area (Å²) in [6, 6.07) is 0. The molecule has 2 atom stereocenters. The molecule has 86 valence electrons. The molecule has 0 heterocycles. The minimum Gasteiger partial charge on any atom is -0.273 e. The number of hydroxylamine groups is 1. The summed E-state index contributed by atoms with van der Waals surface area (Å²) < 4.78 is 0. The van der Waals surface area contributed by atoms with Crippen LogP contribution in [0.5, 0.6) is 0 Å². The first-order valence-corrected chi connectivity index (χ1v) is 6.12. The molecule has 15 heavy (non-hydrogen) atoms. The highest BCUT2D eigenvalue weighted by atomic mass is 16.7. The zero-order valence-electron chi connectivity index (χ0n) is 9.66. The lowest BCUT2D eigenvalue weighted by molar-refractivity contribution is -0.136. The summed E-state index contributed by atoms with van der Waals surface area (Å²) in [5.41, 5.74) is 2.59. The van der Waals surface area contributed by atoms with E-state index in [9.17, 15) is 4.79 Å². The molecule has 0 bridgehead atoms. The Balaban J connectivity index is 1.69. The van der Waals surface area contributed by atoms with Gasteiger partial charge in [0, 0.05) is 5.92 Å². The Morgan fingerprint density at radius 2 is 1.93 bits per heavy atom. The highest BCUT2D eigenvalue weighted by molar-refractivity contribution is 5.81. The monoisotopic (exact) mass is 211 g/mol. The van der Waals surface area contributed by atoms with Crippen molar-refractivity contribution in [1.82, 2.24) is 5.48 Å². The number of rotatable bonds is 4. The van der Waals surface area contributed by atoms with Gasteiger partial charge in [-0.2, -0.15) is 0 Å². The van der Waals surface area contributed by atoms with Crippen molar-refractivity contribution in [1.29, 1.82) is 0 Å². The summed E-state index contributed by atoms with van der Waals surface area (Å²) in [7, 11) is 0. The van der Waals surface area contributed by atoms with Crippen molar-refractivity contribution >= 4 is 5.91 Å². The fraction of sp³-hybridized carbons (Fsp3) is 0.917. The Morgan fingerprint density at radius 1 is 1.33 bits per heavy atom. The standard InChI is InChI=1S/C12H21NO2/c1-8(2)7-15-13-12(14)11-9-5-3-4-6-10(9)11/h8-11H,3-7H2,1-2H3,(H,13,14). The molecular weight excluding hydrogens is 190 g/mol. The number of hydrogen-bond donors (Lipinski definition) is 1. The number of carbonyl (C=O) groups excluding carboxylic acids is 1. The maximum atomic E-state index is 11.7. The molecule has 0 aromatic rings. The van der Waals surface area contributed by atoms with Gasteiger partial charge in [-0.3, -0.25) is 9.63 Å².